The smallest absolute Gasteiger partial charge is 0.0704 e. The molecular formula is C15H18N2. The molecule has 17 heavy (non-hydrogen) atoms. The SMILES string of the molecule is c1cnc2cc(C3CCCNCC3)ccc2c1. The van der Waals surface area contributed by atoms with Crippen LogP contribution in [0.25, 0.3) is 10.9 Å². The molecular weight excluding hydrogens is 208 g/mol. The molecule has 2 heterocycles. The topological polar surface area (TPSA) is 24.9 Å². The summed E-state index contributed by atoms with van der Waals surface area (Å²) in [5.41, 5.74) is 2.59. The van der Waals surface area contributed by atoms with E-state index >= 15 is 0 Å². The minimum Gasteiger partial charge on any atom is -0.317 e. The second kappa shape index (κ2) is 4.84. The molecule has 2 aromatic rings. The van der Waals surface area contributed by atoms with Gasteiger partial charge in [0.1, 0.15) is 0 Å². The van der Waals surface area contributed by atoms with E-state index in [1.165, 1.54) is 36.8 Å². The summed E-state index contributed by atoms with van der Waals surface area (Å²) in [6, 6.07) is 10.9. The van der Waals surface area contributed by atoms with Gasteiger partial charge in [0.25, 0.3) is 0 Å². The van der Waals surface area contributed by atoms with Crippen LogP contribution in [0.2, 0.25) is 0 Å². The van der Waals surface area contributed by atoms with Gasteiger partial charge >= 0.3 is 0 Å². The number of nitrogens with zero attached hydrogens (tertiary/aromatic N) is 1. The Hall–Kier alpha value is -1.41. The molecule has 1 aromatic heterocycles. The number of benzene rings is 1. The molecule has 1 aliphatic rings. The summed E-state index contributed by atoms with van der Waals surface area (Å²) < 4.78 is 0. The average molecular weight is 226 g/mol. The Morgan fingerprint density at radius 3 is 3.12 bits per heavy atom. The van der Waals surface area contributed by atoms with E-state index < -0.39 is 0 Å². The minimum absolute atomic E-state index is 0.705. The molecule has 1 unspecified atom stereocenters. The molecule has 0 radical (unpaired) electrons. The summed E-state index contributed by atoms with van der Waals surface area (Å²) in [7, 11) is 0. The second-order valence-electron chi connectivity index (χ2n) is 4.83. The van der Waals surface area contributed by atoms with Gasteiger partial charge in [-0.1, -0.05) is 18.2 Å². The standard InChI is InChI=1S/C15H18N2/c1-3-12(7-10-16-8-1)14-6-5-13-4-2-9-17-15(13)11-14/h2,4-6,9,11-12,16H,1,3,7-8,10H2. The molecule has 0 amide bonds. The monoisotopic (exact) mass is 226 g/mol. The first kappa shape index (κ1) is 10.7. The van der Waals surface area contributed by atoms with Crippen LogP contribution in [0, 0.1) is 0 Å². The van der Waals surface area contributed by atoms with E-state index in [0.717, 1.165) is 12.1 Å². The third-order valence-corrected chi connectivity index (χ3v) is 3.68. The molecule has 2 heteroatoms. The highest BCUT2D eigenvalue weighted by Crippen LogP contribution is 2.28. The van der Waals surface area contributed by atoms with E-state index in [2.05, 4.69) is 34.6 Å². The van der Waals surface area contributed by atoms with Crippen molar-refractivity contribution in [3.8, 4) is 0 Å². The average Bonchev–Trinajstić information content (AvgIpc) is 2.67. The fourth-order valence-corrected chi connectivity index (χ4v) is 2.69. The van der Waals surface area contributed by atoms with Crippen LogP contribution in [0.15, 0.2) is 36.5 Å². The summed E-state index contributed by atoms with van der Waals surface area (Å²) >= 11 is 0. The molecule has 0 spiro atoms. The quantitative estimate of drug-likeness (QED) is 0.808. The largest absolute Gasteiger partial charge is 0.317 e. The molecule has 3 rings (SSSR count). The van der Waals surface area contributed by atoms with Crippen LogP contribution >= 0.6 is 0 Å². The van der Waals surface area contributed by atoms with Crippen molar-refractivity contribution in [2.45, 2.75) is 25.2 Å². The number of hydrogen-bond acceptors (Lipinski definition) is 2. The van der Waals surface area contributed by atoms with E-state index in [9.17, 15) is 0 Å². The first-order chi connectivity index (χ1) is 8.43. The molecule has 1 saturated heterocycles. The maximum absolute atomic E-state index is 4.44. The fourth-order valence-electron chi connectivity index (χ4n) is 2.69. The number of fused-ring (bicyclic) bond motifs is 1. The van der Waals surface area contributed by atoms with Gasteiger partial charge in [-0.25, -0.2) is 0 Å². The molecule has 0 bridgehead atoms. The van der Waals surface area contributed by atoms with Crippen LogP contribution < -0.4 is 5.32 Å². The Labute approximate surface area is 102 Å². The Kier molecular flexibility index (Phi) is 3.06. The van der Waals surface area contributed by atoms with Crippen molar-refractivity contribution in [2.24, 2.45) is 0 Å². The van der Waals surface area contributed by atoms with E-state index in [-0.39, 0.29) is 0 Å². The highest BCUT2D eigenvalue weighted by atomic mass is 14.8. The number of pyridine rings is 1. The fraction of sp³-hybridized carbons (Fsp3) is 0.400. The van der Waals surface area contributed by atoms with Crippen LogP contribution in [-0.2, 0) is 0 Å². The van der Waals surface area contributed by atoms with Crippen molar-refractivity contribution in [1.29, 1.82) is 0 Å². The van der Waals surface area contributed by atoms with Crippen molar-refractivity contribution in [3.63, 3.8) is 0 Å². The molecule has 88 valence electrons. The third kappa shape index (κ3) is 2.32. The van der Waals surface area contributed by atoms with Crippen molar-refractivity contribution in [1.82, 2.24) is 10.3 Å². The molecule has 1 aliphatic heterocycles. The zero-order valence-electron chi connectivity index (χ0n) is 10.0. The highest BCUT2D eigenvalue weighted by molar-refractivity contribution is 5.79. The molecule has 1 fully saturated rings. The number of nitrogens with one attached hydrogen (secondary N) is 1. The Bertz CT molecular complexity index is 499. The third-order valence-electron chi connectivity index (χ3n) is 3.68. The predicted molar refractivity (Wildman–Crippen MR) is 71.2 cm³/mol. The van der Waals surface area contributed by atoms with Gasteiger partial charge in [-0.3, -0.25) is 4.98 Å². The van der Waals surface area contributed by atoms with Gasteiger partial charge in [0.2, 0.25) is 0 Å². The van der Waals surface area contributed by atoms with E-state index in [0.29, 0.717) is 5.92 Å². The Morgan fingerprint density at radius 2 is 2.12 bits per heavy atom. The molecule has 0 saturated carbocycles. The van der Waals surface area contributed by atoms with Gasteiger partial charge in [0, 0.05) is 11.6 Å². The summed E-state index contributed by atoms with van der Waals surface area (Å²) in [5.74, 6) is 0.705. The number of aromatic nitrogens is 1. The van der Waals surface area contributed by atoms with Crippen LogP contribution in [0.4, 0.5) is 0 Å². The van der Waals surface area contributed by atoms with Crippen molar-refractivity contribution in [2.75, 3.05) is 13.1 Å². The van der Waals surface area contributed by atoms with Crippen molar-refractivity contribution >= 4 is 10.9 Å². The van der Waals surface area contributed by atoms with Gasteiger partial charge in [-0.15, -0.1) is 0 Å². The van der Waals surface area contributed by atoms with Crippen LogP contribution in [0.1, 0.15) is 30.7 Å². The Balaban J connectivity index is 1.93. The van der Waals surface area contributed by atoms with E-state index in [4.69, 9.17) is 0 Å². The zero-order valence-corrected chi connectivity index (χ0v) is 10.0. The molecule has 1 aromatic carbocycles. The lowest BCUT2D eigenvalue weighted by Gasteiger charge is -2.14. The first-order valence-corrected chi connectivity index (χ1v) is 6.49. The van der Waals surface area contributed by atoms with Gasteiger partial charge in [0.05, 0.1) is 5.52 Å². The summed E-state index contributed by atoms with van der Waals surface area (Å²) in [5, 5.41) is 4.71. The van der Waals surface area contributed by atoms with Crippen molar-refractivity contribution < 1.29 is 0 Å². The first-order valence-electron chi connectivity index (χ1n) is 6.49. The number of rotatable bonds is 1. The van der Waals surface area contributed by atoms with E-state index in [1.54, 1.807) is 0 Å². The van der Waals surface area contributed by atoms with Gasteiger partial charge in [-0.2, -0.15) is 0 Å². The van der Waals surface area contributed by atoms with Gasteiger partial charge in [-0.05, 0) is 56.0 Å². The maximum Gasteiger partial charge on any atom is 0.0704 e. The van der Waals surface area contributed by atoms with Crippen LogP contribution in [0.3, 0.4) is 0 Å². The molecule has 2 nitrogen and oxygen atoms in total. The predicted octanol–water partition coefficient (Wildman–Crippen LogP) is 3.09. The molecule has 1 atom stereocenters. The van der Waals surface area contributed by atoms with Crippen LogP contribution in [0.5, 0.6) is 0 Å². The highest BCUT2D eigenvalue weighted by Gasteiger charge is 2.14. The van der Waals surface area contributed by atoms with Gasteiger partial charge in [0.15, 0.2) is 0 Å². The van der Waals surface area contributed by atoms with E-state index in [1.807, 2.05) is 12.3 Å². The lowest BCUT2D eigenvalue weighted by molar-refractivity contribution is 0.610. The lowest BCUT2D eigenvalue weighted by atomic mass is 9.91. The molecule has 0 aliphatic carbocycles. The van der Waals surface area contributed by atoms with Crippen LogP contribution in [-0.4, -0.2) is 18.1 Å². The second-order valence-corrected chi connectivity index (χ2v) is 4.83. The Morgan fingerprint density at radius 1 is 1.12 bits per heavy atom. The van der Waals surface area contributed by atoms with Crippen molar-refractivity contribution in [3.05, 3.63) is 42.1 Å². The lowest BCUT2D eigenvalue weighted by Crippen LogP contribution is -2.13. The zero-order chi connectivity index (χ0) is 11.5. The number of hydrogen-bond donors (Lipinski definition) is 1. The summed E-state index contributed by atoms with van der Waals surface area (Å²) in [6.45, 7) is 2.31. The molecule has 1 N–H and O–H groups in total. The van der Waals surface area contributed by atoms with Gasteiger partial charge < -0.3 is 5.32 Å². The maximum atomic E-state index is 4.44. The summed E-state index contributed by atoms with van der Waals surface area (Å²) in [6.07, 6.45) is 5.70. The minimum atomic E-state index is 0.705. The normalized spacial score (nSPS) is 21.3. The summed E-state index contributed by atoms with van der Waals surface area (Å²) in [4.78, 5) is 4.44.